The monoisotopic (exact) mass is 181 g/mol. The van der Waals surface area contributed by atoms with Gasteiger partial charge in [-0.2, -0.15) is 0 Å². The van der Waals surface area contributed by atoms with Crippen LogP contribution in [0.5, 0.6) is 0 Å². The van der Waals surface area contributed by atoms with Crippen LogP contribution < -0.4 is 0 Å². The van der Waals surface area contributed by atoms with Crippen molar-refractivity contribution in [3.8, 4) is 0 Å². The Kier molecular flexibility index (Phi) is 2.74. The van der Waals surface area contributed by atoms with Crippen molar-refractivity contribution in [2.45, 2.75) is 0 Å². The van der Waals surface area contributed by atoms with Crippen molar-refractivity contribution >= 4 is 11.9 Å². The molecule has 0 bridgehead atoms. The predicted octanol–water partition coefficient (Wildman–Crippen LogP) is 1.95. The van der Waals surface area contributed by atoms with Crippen molar-refractivity contribution in [2.24, 2.45) is 0 Å². The van der Waals surface area contributed by atoms with Crippen LogP contribution in [0.1, 0.15) is 5.76 Å². The van der Waals surface area contributed by atoms with Crippen molar-refractivity contribution in [3.63, 3.8) is 0 Å². The lowest BCUT2D eigenvalue weighted by Crippen LogP contribution is -2.21. The van der Waals surface area contributed by atoms with Crippen LogP contribution in [0.3, 0.4) is 0 Å². The van der Waals surface area contributed by atoms with Gasteiger partial charge in [-0.1, -0.05) is 6.58 Å². The first-order valence-electron chi connectivity index (χ1n) is 3.73. The Balaban J connectivity index is 2.57. The molecular weight excluding hydrogens is 170 g/mol. The SMILES string of the molecule is C=C(OC(=O)N(C)C)c1ccco1. The van der Waals surface area contributed by atoms with E-state index in [1.807, 2.05) is 0 Å². The van der Waals surface area contributed by atoms with Gasteiger partial charge < -0.3 is 14.1 Å². The topological polar surface area (TPSA) is 42.7 Å². The fourth-order valence-electron chi connectivity index (χ4n) is 0.684. The van der Waals surface area contributed by atoms with Crippen LogP contribution in [-0.4, -0.2) is 25.1 Å². The molecule has 0 fully saturated rings. The molecule has 0 radical (unpaired) electrons. The second-order valence-electron chi connectivity index (χ2n) is 2.66. The van der Waals surface area contributed by atoms with E-state index in [0.29, 0.717) is 5.76 Å². The molecule has 1 amide bonds. The van der Waals surface area contributed by atoms with Crippen LogP contribution in [0.4, 0.5) is 4.79 Å². The largest absolute Gasteiger partial charge is 0.461 e. The third-order valence-corrected chi connectivity index (χ3v) is 1.37. The summed E-state index contributed by atoms with van der Waals surface area (Å²) in [5, 5.41) is 0. The van der Waals surface area contributed by atoms with Crippen LogP contribution in [0.15, 0.2) is 29.4 Å². The van der Waals surface area contributed by atoms with Crippen molar-refractivity contribution in [1.82, 2.24) is 4.90 Å². The maximum Gasteiger partial charge on any atom is 0.414 e. The normalized spacial score (nSPS) is 9.38. The average molecular weight is 181 g/mol. The highest BCUT2D eigenvalue weighted by atomic mass is 16.6. The number of carbonyl (C=O) groups is 1. The van der Waals surface area contributed by atoms with Crippen LogP contribution in [0, 0.1) is 0 Å². The number of nitrogens with zero attached hydrogens (tertiary/aromatic N) is 1. The minimum atomic E-state index is -0.471. The number of hydrogen-bond acceptors (Lipinski definition) is 3. The summed E-state index contributed by atoms with van der Waals surface area (Å²) in [5.74, 6) is 0.666. The molecule has 0 aliphatic carbocycles. The summed E-state index contributed by atoms with van der Waals surface area (Å²) < 4.78 is 9.84. The van der Waals surface area contributed by atoms with Gasteiger partial charge in [-0.25, -0.2) is 4.79 Å². The van der Waals surface area contributed by atoms with Crippen molar-refractivity contribution < 1.29 is 13.9 Å². The molecule has 0 aliphatic heterocycles. The second-order valence-corrected chi connectivity index (χ2v) is 2.66. The predicted molar refractivity (Wildman–Crippen MR) is 47.9 cm³/mol. The Labute approximate surface area is 76.4 Å². The number of furan rings is 1. The molecule has 70 valence electrons. The second kappa shape index (κ2) is 3.80. The number of amides is 1. The average Bonchev–Trinajstić information content (AvgIpc) is 2.55. The highest BCUT2D eigenvalue weighted by Crippen LogP contribution is 2.14. The molecular formula is C9H11NO3. The van der Waals surface area contributed by atoms with E-state index in [1.165, 1.54) is 11.2 Å². The summed E-state index contributed by atoms with van der Waals surface area (Å²) in [5.41, 5.74) is 0. The van der Waals surface area contributed by atoms with E-state index in [0.717, 1.165) is 0 Å². The number of hydrogen-bond donors (Lipinski definition) is 0. The Morgan fingerprint density at radius 2 is 2.31 bits per heavy atom. The fraction of sp³-hybridized carbons (Fsp3) is 0.222. The van der Waals surface area contributed by atoms with E-state index in [9.17, 15) is 4.79 Å². The quantitative estimate of drug-likeness (QED) is 0.655. The van der Waals surface area contributed by atoms with E-state index < -0.39 is 6.09 Å². The molecule has 0 saturated heterocycles. The first kappa shape index (κ1) is 9.38. The highest BCUT2D eigenvalue weighted by molar-refractivity contribution is 5.74. The van der Waals surface area contributed by atoms with Crippen LogP contribution in [-0.2, 0) is 4.74 Å². The molecule has 0 aliphatic rings. The molecule has 1 aromatic heterocycles. The molecule has 1 rings (SSSR count). The van der Waals surface area contributed by atoms with Gasteiger partial charge in [-0.3, -0.25) is 0 Å². The standard InChI is InChI=1S/C9H11NO3/c1-7(8-5-4-6-12-8)13-9(11)10(2)3/h4-6H,1H2,2-3H3. The molecule has 4 nitrogen and oxygen atoms in total. The lowest BCUT2D eigenvalue weighted by Gasteiger charge is -2.10. The van der Waals surface area contributed by atoms with Gasteiger partial charge in [0.2, 0.25) is 0 Å². The molecule has 1 heterocycles. The van der Waals surface area contributed by atoms with E-state index in [2.05, 4.69) is 6.58 Å². The van der Waals surface area contributed by atoms with Gasteiger partial charge in [0, 0.05) is 14.1 Å². The Hall–Kier alpha value is -1.71. The van der Waals surface area contributed by atoms with Crippen LogP contribution in [0.2, 0.25) is 0 Å². The first-order chi connectivity index (χ1) is 6.11. The third kappa shape index (κ3) is 2.37. The number of rotatable bonds is 2. The van der Waals surface area contributed by atoms with Gasteiger partial charge in [0.25, 0.3) is 0 Å². The molecule has 0 saturated carbocycles. The molecule has 0 unspecified atom stereocenters. The summed E-state index contributed by atoms with van der Waals surface area (Å²) in [6.45, 7) is 3.56. The lowest BCUT2D eigenvalue weighted by molar-refractivity contribution is 0.161. The Morgan fingerprint density at radius 3 is 2.77 bits per heavy atom. The van der Waals surface area contributed by atoms with Gasteiger partial charge in [0.15, 0.2) is 11.5 Å². The molecule has 0 aromatic carbocycles. The minimum absolute atomic E-state index is 0.212. The van der Waals surface area contributed by atoms with Gasteiger partial charge in [-0.15, -0.1) is 0 Å². The highest BCUT2D eigenvalue weighted by Gasteiger charge is 2.10. The van der Waals surface area contributed by atoms with Gasteiger partial charge in [0.05, 0.1) is 6.26 Å². The Morgan fingerprint density at radius 1 is 1.62 bits per heavy atom. The molecule has 0 spiro atoms. The summed E-state index contributed by atoms with van der Waals surface area (Å²) in [6, 6.07) is 3.37. The number of carbonyl (C=O) groups excluding carboxylic acids is 1. The van der Waals surface area contributed by atoms with Crippen LogP contribution in [0.25, 0.3) is 5.76 Å². The van der Waals surface area contributed by atoms with Gasteiger partial charge in [0.1, 0.15) is 0 Å². The summed E-state index contributed by atoms with van der Waals surface area (Å²) in [7, 11) is 3.19. The number of ether oxygens (including phenoxy) is 1. The maximum atomic E-state index is 11.0. The van der Waals surface area contributed by atoms with Crippen LogP contribution >= 0.6 is 0 Å². The van der Waals surface area contributed by atoms with Crippen molar-refractivity contribution in [3.05, 3.63) is 30.7 Å². The minimum Gasteiger partial charge on any atom is -0.461 e. The molecule has 1 aromatic rings. The first-order valence-corrected chi connectivity index (χ1v) is 3.73. The molecule has 13 heavy (non-hydrogen) atoms. The zero-order valence-electron chi connectivity index (χ0n) is 7.61. The summed E-state index contributed by atoms with van der Waals surface area (Å²) in [4.78, 5) is 12.4. The zero-order valence-corrected chi connectivity index (χ0v) is 7.61. The third-order valence-electron chi connectivity index (χ3n) is 1.37. The van der Waals surface area contributed by atoms with Gasteiger partial charge >= 0.3 is 6.09 Å². The summed E-state index contributed by atoms with van der Waals surface area (Å²) >= 11 is 0. The van der Waals surface area contributed by atoms with Gasteiger partial charge in [-0.05, 0) is 12.1 Å². The van der Waals surface area contributed by atoms with E-state index in [-0.39, 0.29) is 5.76 Å². The van der Waals surface area contributed by atoms with E-state index in [1.54, 1.807) is 26.2 Å². The molecule has 4 heteroatoms. The lowest BCUT2D eigenvalue weighted by atomic mass is 10.4. The smallest absolute Gasteiger partial charge is 0.414 e. The fourth-order valence-corrected chi connectivity index (χ4v) is 0.684. The van der Waals surface area contributed by atoms with Crippen molar-refractivity contribution in [1.29, 1.82) is 0 Å². The summed E-state index contributed by atoms with van der Waals surface area (Å²) in [6.07, 6.45) is 1.02. The molecule has 0 N–H and O–H groups in total. The van der Waals surface area contributed by atoms with E-state index >= 15 is 0 Å². The van der Waals surface area contributed by atoms with E-state index in [4.69, 9.17) is 9.15 Å². The molecule has 0 atom stereocenters. The zero-order chi connectivity index (χ0) is 9.84. The van der Waals surface area contributed by atoms with Crippen molar-refractivity contribution in [2.75, 3.05) is 14.1 Å². The Bertz CT molecular complexity index is 301. The maximum absolute atomic E-state index is 11.0.